The number of hydrazone groups is 1. The van der Waals surface area contributed by atoms with Crippen molar-refractivity contribution in [1.82, 2.24) is 5.43 Å². The number of rotatable bonds is 4. The number of hydrogen-bond donors (Lipinski definition) is 2. The zero-order valence-corrected chi connectivity index (χ0v) is 13.1. The predicted octanol–water partition coefficient (Wildman–Crippen LogP) is 3.09. The van der Waals surface area contributed by atoms with Crippen LogP contribution in [0.2, 0.25) is 0 Å². The summed E-state index contributed by atoms with van der Waals surface area (Å²) in [4.78, 5) is 12.0. The molecule has 0 fully saturated rings. The zero-order valence-electron chi connectivity index (χ0n) is 13.1. The van der Waals surface area contributed by atoms with Gasteiger partial charge in [0.25, 0.3) is 0 Å². The van der Waals surface area contributed by atoms with Crippen LogP contribution in [0, 0.1) is 13.8 Å². The summed E-state index contributed by atoms with van der Waals surface area (Å²) in [5.41, 5.74) is 7.40. The minimum atomic E-state index is -0.148. The number of amides is 1. The monoisotopic (exact) mass is 296 g/mol. The van der Waals surface area contributed by atoms with Crippen LogP contribution in [-0.4, -0.2) is 16.7 Å². The third-order valence-corrected chi connectivity index (χ3v) is 3.48. The lowest BCUT2D eigenvalue weighted by molar-refractivity contribution is -0.120. The van der Waals surface area contributed by atoms with Crippen molar-refractivity contribution in [3.05, 3.63) is 64.7 Å². The lowest BCUT2D eigenvalue weighted by atomic mass is 10.0. The van der Waals surface area contributed by atoms with E-state index in [0.29, 0.717) is 12.1 Å². The maximum Gasteiger partial charge on any atom is 0.244 e. The Bertz CT molecular complexity index is 704. The van der Waals surface area contributed by atoms with E-state index in [0.717, 1.165) is 16.7 Å². The normalized spacial score (nSPS) is 11.3. The third-order valence-electron chi connectivity index (χ3n) is 3.48. The number of aromatic hydroxyl groups is 1. The van der Waals surface area contributed by atoms with Crippen LogP contribution in [0.15, 0.2) is 47.6 Å². The zero-order chi connectivity index (χ0) is 16.1. The fourth-order valence-electron chi connectivity index (χ4n) is 2.17. The van der Waals surface area contributed by atoms with E-state index < -0.39 is 0 Å². The first kappa shape index (κ1) is 15.8. The maximum absolute atomic E-state index is 12.0. The van der Waals surface area contributed by atoms with Gasteiger partial charge in [-0.3, -0.25) is 4.79 Å². The Morgan fingerprint density at radius 3 is 2.45 bits per heavy atom. The Kier molecular flexibility index (Phi) is 4.94. The predicted molar refractivity (Wildman–Crippen MR) is 88.1 cm³/mol. The second-order valence-electron chi connectivity index (χ2n) is 5.39. The molecule has 0 saturated heterocycles. The molecule has 0 aliphatic rings. The van der Waals surface area contributed by atoms with Crippen molar-refractivity contribution in [3.8, 4) is 5.75 Å². The highest BCUT2D eigenvalue weighted by Crippen LogP contribution is 2.12. The van der Waals surface area contributed by atoms with Crippen molar-refractivity contribution in [2.45, 2.75) is 27.2 Å². The molecule has 4 nitrogen and oxygen atoms in total. The second kappa shape index (κ2) is 6.89. The van der Waals surface area contributed by atoms with E-state index in [1.807, 2.05) is 32.9 Å². The number of hydrogen-bond acceptors (Lipinski definition) is 3. The number of nitrogens with zero attached hydrogens (tertiary/aromatic N) is 1. The van der Waals surface area contributed by atoms with Gasteiger partial charge < -0.3 is 5.11 Å². The molecule has 4 heteroatoms. The van der Waals surface area contributed by atoms with Gasteiger partial charge in [-0.1, -0.05) is 23.8 Å². The fourth-order valence-corrected chi connectivity index (χ4v) is 2.17. The van der Waals surface area contributed by atoms with Crippen LogP contribution in [0.25, 0.3) is 0 Å². The first-order chi connectivity index (χ1) is 10.5. The molecule has 0 heterocycles. The molecule has 0 aromatic heterocycles. The van der Waals surface area contributed by atoms with Crippen molar-refractivity contribution in [1.29, 1.82) is 0 Å². The van der Waals surface area contributed by atoms with Crippen LogP contribution in [0.3, 0.4) is 0 Å². The third kappa shape index (κ3) is 4.19. The van der Waals surface area contributed by atoms with Crippen LogP contribution in [0.1, 0.15) is 29.2 Å². The van der Waals surface area contributed by atoms with Crippen LogP contribution in [-0.2, 0) is 11.2 Å². The quantitative estimate of drug-likeness (QED) is 0.672. The highest BCUT2D eigenvalue weighted by molar-refractivity contribution is 5.99. The Morgan fingerprint density at radius 2 is 1.82 bits per heavy atom. The van der Waals surface area contributed by atoms with Crippen LogP contribution in [0.4, 0.5) is 0 Å². The number of carbonyl (C=O) groups is 1. The molecule has 0 radical (unpaired) electrons. The van der Waals surface area contributed by atoms with Crippen molar-refractivity contribution >= 4 is 11.6 Å². The van der Waals surface area contributed by atoms with E-state index in [-0.39, 0.29) is 11.7 Å². The van der Waals surface area contributed by atoms with Gasteiger partial charge in [-0.05, 0) is 61.7 Å². The van der Waals surface area contributed by atoms with Crippen molar-refractivity contribution in [3.63, 3.8) is 0 Å². The van der Waals surface area contributed by atoms with Gasteiger partial charge in [0.2, 0.25) is 5.91 Å². The molecule has 2 aromatic rings. The number of phenolic OH excluding ortho intramolecular Hbond substituents is 1. The molecular weight excluding hydrogens is 276 g/mol. The summed E-state index contributed by atoms with van der Waals surface area (Å²) < 4.78 is 0. The minimum absolute atomic E-state index is 0.148. The average molecular weight is 296 g/mol. The number of benzene rings is 2. The Balaban J connectivity index is 1.99. The van der Waals surface area contributed by atoms with E-state index in [4.69, 9.17) is 0 Å². The van der Waals surface area contributed by atoms with Gasteiger partial charge in [-0.15, -0.1) is 0 Å². The van der Waals surface area contributed by atoms with Crippen LogP contribution >= 0.6 is 0 Å². The summed E-state index contributed by atoms with van der Waals surface area (Å²) in [6.07, 6.45) is 0.304. The van der Waals surface area contributed by atoms with E-state index in [1.54, 1.807) is 24.3 Å². The molecule has 0 spiro atoms. The molecule has 2 aromatic carbocycles. The van der Waals surface area contributed by atoms with Gasteiger partial charge >= 0.3 is 0 Å². The average Bonchev–Trinajstić information content (AvgIpc) is 2.48. The van der Waals surface area contributed by atoms with Crippen LogP contribution in [0.5, 0.6) is 5.75 Å². The van der Waals surface area contributed by atoms with Gasteiger partial charge in [-0.25, -0.2) is 5.43 Å². The summed E-state index contributed by atoms with van der Waals surface area (Å²) in [5.74, 6) is 0.0560. The molecule has 0 atom stereocenters. The molecule has 0 unspecified atom stereocenters. The number of carbonyl (C=O) groups excluding carboxylic acids is 1. The van der Waals surface area contributed by atoms with Gasteiger partial charge in [0.1, 0.15) is 5.75 Å². The van der Waals surface area contributed by atoms with Gasteiger partial charge in [0.15, 0.2) is 0 Å². The lowest BCUT2D eigenvalue weighted by Gasteiger charge is -2.07. The number of aryl methyl sites for hydroxylation is 2. The Labute approximate surface area is 130 Å². The molecule has 22 heavy (non-hydrogen) atoms. The molecule has 1 amide bonds. The first-order valence-corrected chi connectivity index (χ1v) is 7.14. The van der Waals surface area contributed by atoms with Crippen molar-refractivity contribution in [2.24, 2.45) is 5.10 Å². The van der Waals surface area contributed by atoms with Crippen molar-refractivity contribution < 1.29 is 9.90 Å². The topological polar surface area (TPSA) is 61.7 Å². The Hall–Kier alpha value is -2.62. The molecule has 2 rings (SSSR count). The molecule has 0 bridgehead atoms. The van der Waals surface area contributed by atoms with Crippen LogP contribution < -0.4 is 5.43 Å². The lowest BCUT2D eigenvalue weighted by Crippen LogP contribution is -2.21. The fraction of sp³-hybridized carbons (Fsp3) is 0.222. The molecule has 2 N–H and O–H groups in total. The van der Waals surface area contributed by atoms with E-state index in [9.17, 15) is 9.90 Å². The summed E-state index contributed by atoms with van der Waals surface area (Å²) in [5, 5.41) is 13.4. The molecule has 0 aliphatic carbocycles. The SMILES string of the molecule is C/C(=N/NC(=O)Cc1ccc(C)cc1C)c1ccc(O)cc1. The Morgan fingerprint density at radius 1 is 1.14 bits per heavy atom. The second-order valence-corrected chi connectivity index (χ2v) is 5.39. The van der Waals surface area contributed by atoms with Crippen molar-refractivity contribution in [2.75, 3.05) is 0 Å². The van der Waals surface area contributed by atoms with E-state index in [1.165, 1.54) is 5.56 Å². The molecule has 0 aliphatic heterocycles. The van der Waals surface area contributed by atoms with E-state index >= 15 is 0 Å². The largest absolute Gasteiger partial charge is 0.508 e. The number of nitrogens with one attached hydrogen (secondary N) is 1. The summed E-state index contributed by atoms with van der Waals surface area (Å²) in [6.45, 7) is 5.84. The number of phenols is 1. The highest BCUT2D eigenvalue weighted by Gasteiger charge is 2.06. The van der Waals surface area contributed by atoms with E-state index in [2.05, 4.69) is 16.6 Å². The standard InChI is InChI=1S/C18H20N2O2/c1-12-4-5-16(13(2)10-12)11-18(22)20-19-14(3)15-6-8-17(21)9-7-15/h4-10,21H,11H2,1-3H3,(H,20,22)/b19-14-. The van der Waals surface area contributed by atoms with Gasteiger partial charge in [0.05, 0.1) is 12.1 Å². The summed E-state index contributed by atoms with van der Waals surface area (Å²) >= 11 is 0. The molecule has 0 saturated carbocycles. The summed E-state index contributed by atoms with van der Waals surface area (Å²) in [7, 11) is 0. The van der Waals surface area contributed by atoms with Gasteiger partial charge in [-0.2, -0.15) is 5.10 Å². The molecular formula is C18H20N2O2. The first-order valence-electron chi connectivity index (χ1n) is 7.14. The maximum atomic E-state index is 12.0. The minimum Gasteiger partial charge on any atom is -0.508 e. The molecule has 114 valence electrons. The summed E-state index contributed by atoms with van der Waals surface area (Å²) in [6, 6.07) is 12.7. The highest BCUT2D eigenvalue weighted by atomic mass is 16.3. The smallest absolute Gasteiger partial charge is 0.244 e. The van der Waals surface area contributed by atoms with Gasteiger partial charge in [0, 0.05) is 0 Å².